The van der Waals surface area contributed by atoms with Crippen LogP contribution in [0, 0.1) is 5.82 Å². The maximum Gasteiger partial charge on any atom is 0.252 e. The molecule has 0 fully saturated rings. The molecular weight excluding hydrogens is 341 g/mol. The fraction of sp³-hybridized carbons (Fsp3) is 0.294. The Morgan fingerprint density at radius 1 is 1.36 bits per heavy atom. The van der Waals surface area contributed by atoms with Crippen LogP contribution in [-0.4, -0.2) is 47.5 Å². The molecule has 0 spiro atoms. The van der Waals surface area contributed by atoms with E-state index in [1.807, 2.05) is 24.2 Å². The first kappa shape index (κ1) is 16.2. The summed E-state index contributed by atoms with van der Waals surface area (Å²) in [5.41, 5.74) is 4.67. The fourth-order valence-corrected chi connectivity index (χ4v) is 3.87. The molecule has 25 heavy (non-hydrogen) atoms. The second kappa shape index (κ2) is 6.53. The Morgan fingerprint density at radius 3 is 3.12 bits per heavy atom. The Hall–Kier alpha value is -2.32. The van der Waals surface area contributed by atoms with E-state index in [1.165, 1.54) is 6.07 Å². The van der Waals surface area contributed by atoms with E-state index in [4.69, 9.17) is 0 Å². The molecule has 1 aromatic carbocycles. The van der Waals surface area contributed by atoms with Crippen molar-refractivity contribution in [2.75, 3.05) is 25.9 Å². The second-order valence-corrected chi connectivity index (χ2v) is 7.14. The maximum atomic E-state index is 13.7. The lowest BCUT2D eigenvalue weighted by Crippen LogP contribution is -2.32. The number of fused-ring (bicyclic) bond motifs is 1. The smallest absolute Gasteiger partial charge is 0.252 e. The third kappa shape index (κ3) is 3.14. The van der Waals surface area contributed by atoms with E-state index in [2.05, 4.69) is 15.7 Å². The predicted octanol–water partition coefficient (Wildman–Crippen LogP) is 1.44. The zero-order chi connectivity index (χ0) is 17.4. The molecule has 130 valence electrons. The van der Waals surface area contributed by atoms with Crippen LogP contribution >= 0.6 is 11.8 Å². The SMILES string of the molecule is CN1Cc2cc(F)ccc2SCCNC(=O)C2=C3N=C1C=CN3NC2. The van der Waals surface area contributed by atoms with Crippen molar-refractivity contribution in [1.29, 1.82) is 0 Å². The largest absolute Gasteiger partial charge is 0.355 e. The highest BCUT2D eigenvalue weighted by Crippen LogP contribution is 2.27. The summed E-state index contributed by atoms with van der Waals surface area (Å²) in [6, 6.07) is 4.84. The summed E-state index contributed by atoms with van der Waals surface area (Å²) in [5.74, 6) is 1.72. The number of hydrazine groups is 1. The van der Waals surface area contributed by atoms with Gasteiger partial charge in [-0.25, -0.2) is 14.8 Å². The maximum absolute atomic E-state index is 13.7. The van der Waals surface area contributed by atoms with Crippen molar-refractivity contribution in [3.8, 4) is 0 Å². The van der Waals surface area contributed by atoms with Gasteiger partial charge in [-0.1, -0.05) is 0 Å². The molecule has 2 bridgehead atoms. The number of carbonyl (C=O) groups excluding carboxylic acids is 1. The fourth-order valence-electron chi connectivity index (χ4n) is 2.97. The van der Waals surface area contributed by atoms with Crippen molar-refractivity contribution in [3.05, 3.63) is 53.2 Å². The van der Waals surface area contributed by atoms with Gasteiger partial charge < -0.3 is 10.2 Å². The molecule has 0 saturated heterocycles. The van der Waals surface area contributed by atoms with Crippen molar-refractivity contribution in [2.24, 2.45) is 4.99 Å². The van der Waals surface area contributed by atoms with Crippen LogP contribution in [0.1, 0.15) is 5.56 Å². The molecule has 1 aromatic rings. The van der Waals surface area contributed by atoms with Crippen LogP contribution < -0.4 is 10.7 Å². The average molecular weight is 359 g/mol. The summed E-state index contributed by atoms with van der Waals surface area (Å²) in [4.78, 5) is 20.1. The number of rotatable bonds is 0. The summed E-state index contributed by atoms with van der Waals surface area (Å²) >= 11 is 1.62. The van der Waals surface area contributed by atoms with Gasteiger partial charge in [0.25, 0.3) is 5.91 Å². The molecule has 6 nitrogen and oxygen atoms in total. The molecule has 0 unspecified atom stereocenters. The van der Waals surface area contributed by atoms with Gasteiger partial charge in [0.15, 0.2) is 5.82 Å². The molecule has 3 aliphatic rings. The molecule has 0 aliphatic carbocycles. The Balaban J connectivity index is 1.73. The van der Waals surface area contributed by atoms with E-state index in [0.717, 1.165) is 22.0 Å². The van der Waals surface area contributed by atoms with E-state index in [9.17, 15) is 9.18 Å². The normalized spacial score (nSPS) is 20.4. The second-order valence-electron chi connectivity index (χ2n) is 6.01. The highest BCUT2D eigenvalue weighted by atomic mass is 32.2. The van der Waals surface area contributed by atoms with Gasteiger partial charge in [0, 0.05) is 43.5 Å². The number of nitrogens with zero attached hydrogens (tertiary/aromatic N) is 3. The molecule has 0 radical (unpaired) electrons. The summed E-state index contributed by atoms with van der Waals surface area (Å²) in [6.07, 6.45) is 3.73. The van der Waals surface area contributed by atoms with Gasteiger partial charge in [-0.3, -0.25) is 9.80 Å². The first-order valence-corrected chi connectivity index (χ1v) is 9.04. The number of halogens is 1. The summed E-state index contributed by atoms with van der Waals surface area (Å²) in [7, 11) is 1.92. The molecular formula is C17H18FN5OS. The van der Waals surface area contributed by atoms with Crippen LogP contribution in [-0.2, 0) is 11.3 Å². The number of benzene rings is 1. The highest BCUT2D eigenvalue weighted by Gasteiger charge is 2.28. The van der Waals surface area contributed by atoms with Crippen LogP contribution in [0.5, 0.6) is 0 Å². The van der Waals surface area contributed by atoms with Crippen LogP contribution in [0.15, 0.2) is 51.8 Å². The number of thioether (sulfide) groups is 1. The molecule has 2 N–H and O–H groups in total. The van der Waals surface area contributed by atoms with Gasteiger partial charge in [-0.05, 0) is 29.8 Å². The Morgan fingerprint density at radius 2 is 2.24 bits per heavy atom. The van der Waals surface area contributed by atoms with Gasteiger partial charge in [0.2, 0.25) is 0 Å². The van der Waals surface area contributed by atoms with E-state index in [-0.39, 0.29) is 11.7 Å². The number of carbonyl (C=O) groups is 1. The van der Waals surface area contributed by atoms with E-state index < -0.39 is 0 Å². The Bertz CT molecular complexity index is 819. The van der Waals surface area contributed by atoms with Crippen molar-refractivity contribution in [2.45, 2.75) is 11.4 Å². The first-order chi connectivity index (χ1) is 12.1. The van der Waals surface area contributed by atoms with Crippen molar-refractivity contribution in [3.63, 3.8) is 0 Å². The van der Waals surface area contributed by atoms with Crippen LogP contribution in [0.3, 0.4) is 0 Å². The van der Waals surface area contributed by atoms with Crippen LogP contribution in [0.25, 0.3) is 0 Å². The Kier molecular flexibility index (Phi) is 4.22. The number of amides is 1. The lowest BCUT2D eigenvalue weighted by atomic mass is 10.2. The number of aliphatic imine (C=N–C) groups is 1. The van der Waals surface area contributed by atoms with E-state index in [0.29, 0.717) is 31.0 Å². The topological polar surface area (TPSA) is 60.0 Å². The summed E-state index contributed by atoms with van der Waals surface area (Å²) < 4.78 is 13.7. The minimum absolute atomic E-state index is 0.106. The standard InChI is InChI=1S/C17H18FN5OS/c1-22-10-11-8-12(18)2-3-14(11)25-7-5-19-17(24)13-9-20-23-6-4-15(22)21-16(13)23/h2-4,6,8,20H,5,7,9-10H2,1H3,(H,19,24). The van der Waals surface area contributed by atoms with Crippen LogP contribution in [0.4, 0.5) is 4.39 Å². The molecule has 8 heteroatoms. The number of hydrogen-bond donors (Lipinski definition) is 2. The van der Waals surface area contributed by atoms with Gasteiger partial charge in [0.1, 0.15) is 11.7 Å². The molecule has 3 aliphatic heterocycles. The number of amidine groups is 1. The number of nitrogens with one attached hydrogen (secondary N) is 2. The van der Waals surface area contributed by atoms with Gasteiger partial charge in [0.05, 0.1) is 5.57 Å². The van der Waals surface area contributed by atoms with Gasteiger partial charge in [-0.2, -0.15) is 0 Å². The number of hydrogen-bond acceptors (Lipinski definition) is 6. The Labute approximate surface area is 149 Å². The van der Waals surface area contributed by atoms with Gasteiger partial charge in [-0.15, -0.1) is 11.8 Å². The molecule has 4 rings (SSSR count). The quantitative estimate of drug-likeness (QED) is 0.734. The third-order valence-electron chi connectivity index (χ3n) is 4.26. The third-order valence-corrected chi connectivity index (χ3v) is 5.38. The van der Waals surface area contributed by atoms with E-state index >= 15 is 0 Å². The minimum atomic E-state index is -0.248. The lowest BCUT2D eigenvalue weighted by molar-refractivity contribution is -0.117. The molecule has 0 aromatic heterocycles. The molecule has 1 amide bonds. The monoisotopic (exact) mass is 359 g/mol. The minimum Gasteiger partial charge on any atom is -0.355 e. The van der Waals surface area contributed by atoms with Crippen molar-refractivity contribution < 1.29 is 9.18 Å². The summed E-state index contributed by atoms with van der Waals surface area (Å²) in [6.45, 7) is 1.53. The van der Waals surface area contributed by atoms with Crippen molar-refractivity contribution in [1.82, 2.24) is 20.7 Å². The first-order valence-electron chi connectivity index (χ1n) is 8.05. The van der Waals surface area contributed by atoms with Crippen molar-refractivity contribution >= 4 is 23.5 Å². The molecule has 0 atom stereocenters. The summed E-state index contributed by atoms with van der Waals surface area (Å²) in [5, 5.41) is 4.70. The number of likely N-dealkylation sites (N-methyl/N-ethyl adjacent to an activating group) is 1. The zero-order valence-corrected chi connectivity index (χ0v) is 14.6. The van der Waals surface area contributed by atoms with E-state index in [1.54, 1.807) is 28.9 Å². The zero-order valence-electron chi connectivity index (χ0n) is 13.8. The van der Waals surface area contributed by atoms with Gasteiger partial charge >= 0.3 is 0 Å². The molecule has 0 saturated carbocycles. The predicted molar refractivity (Wildman–Crippen MR) is 95.0 cm³/mol. The highest BCUT2D eigenvalue weighted by molar-refractivity contribution is 7.99. The lowest BCUT2D eigenvalue weighted by Gasteiger charge is -2.25. The molecule has 3 heterocycles. The van der Waals surface area contributed by atoms with Crippen LogP contribution in [0.2, 0.25) is 0 Å². The average Bonchev–Trinajstić information content (AvgIpc) is 3.02.